The summed E-state index contributed by atoms with van der Waals surface area (Å²) in [6.07, 6.45) is -95.7. The van der Waals surface area contributed by atoms with Gasteiger partial charge in [0.1, 0.15) is 238 Å². The average Bonchev–Trinajstić information content (AvgIpc) is 0.779. The third kappa shape index (κ3) is 24.5. The summed E-state index contributed by atoms with van der Waals surface area (Å²) in [6.45, 7) is -4.55. The van der Waals surface area contributed by atoms with Gasteiger partial charge in [-0.25, -0.2) is 4.18 Å². The first kappa shape index (κ1) is 107. The number of aliphatic hydroxyl groups is 25. The second kappa shape index (κ2) is 46.1. The van der Waals surface area contributed by atoms with Gasteiger partial charge in [-0.2, -0.15) is 8.42 Å². The first-order chi connectivity index (χ1) is 60.7. The van der Waals surface area contributed by atoms with Gasteiger partial charge < -0.3 is 244 Å². The molecule has 0 saturated carbocycles. The maximum atomic E-state index is 13.3. The Morgan fingerprint density at radius 3 is 0.938 bits per heavy atom. The van der Waals surface area contributed by atoms with Gasteiger partial charge in [0.05, 0.1) is 65.6 Å². The van der Waals surface area contributed by atoms with Crippen LogP contribution in [0.5, 0.6) is 0 Å². The molecule has 10 heterocycles. The van der Waals surface area contributed by atoms with Crippen LogP contribution in [0.1, 0.15) is 41.5 Å². The summed E-state index contributed by atoms with van der Waals surface area (Å²) in [5.41, 5.74) is 0. The molecule has 50 atom stereocenters. The van der Waals surface area contributed by atoms with Crippen LogP contribution in [0.25, 0.3) is 0 Å². The Hall–Kier alpha value is -4.54. The fourth-order valence-electron chi connectivity index (χ4n) is 16.4. The highest BCUT2D eigenvalue weighted by molar-refractivity contribution is 7.80. The topological polar surface area (TPSA) is 890 Å². The molecule has 0 spiro atoms. The van der Waals surface area contributed by atoms with Gasteiger partial charge in [0.15, 0.2) is 62.9 Å². The van der Waals surface area contributed by atoms with Crippen molar-refractivity contribution in [3.63, 3.8) is 0 Å². The summed E-state index contributed by atoms with van der Waals surface area (Å²) in [5, 5.41) is 294. The van der Waals surface area contributed by atoms with E-state index in [1.165, 1.54) is 6.92 Å². The third-order valence-corrected chi connectivity index (χ3v) is 23.5. The molecule has 58 nitrogen and oxygen atoms in total. The Kier molecular flexibility index (Phi) is 38.0. The number of carbonyl (C=O) groups excluding carboxylic acids is 5. The van der Waals surface area contributed by atoms with E-state index in [4.69, 9.17) is 90.0 Å². The van der Waals surface area contributed by atoms with Gasteiger partial charge in [-0.05, 0) is 6.92 Å². The number of nitrogens with one attached hydrogen (secondary N) is 5. The van der Waals surface area contributed by atoms with Crippen LogP contribution in [0.2, 0.25) is 0 Å². The highest BCUT2D eigenvalue weighted by Crippen LogP contribution is 2.41. The van der Waals surface area contributed by atoms with Gasteiger partial charge in [-0.15, -0.1) is 0 Å². The van der Waals surface area contributed by atoms with Crippen LogP contribution < -0.4 is 26.6 Å². The second-order valence-electron chi connectivity index (χ2n) is 32.2. The minimum atomic E-state index is -5.46. The largest absolute Gasteiger partial charge is 0.397 e. The van der Waals surface area contributed by atoms with Crippen molar-refractivity contribution in [1.82, 2.24) is 26.6 Å². The Bertz CT molecular complexity index is 3700. The lowest BCUT2D eigenvalue weighted by Crippen LogP contribution is -2.71. The van der Waals surface area contributed by atoms with Crippen molar-refractivity contribution in [2.45, 2.75) is 348 Å². The molecule has 10 rings (SSSR count). The SMILES string of the molecule is CC(=O)N[C@@H]1[C@@H](O)[C@H](O[C@@H]2O[C@H](CO)[C@@H](O[C@@H]3O[C@H](CO[C@H]4O[C@H](CO)[C@@H](O)[C@H](O)[C@@H]4O[C@@H]4O[C@H](CO)[C@@H](O[C@@H]5O[C@H](CO)[C@H](O)[C@H](O)[C@H]5O)[C@H](O)[C@H]4NC(C)=O)[C@@H](O)[C@H](O[C@H]4O[C@H](CO)[C@@H](O)[C@H](O)[C@@H]4O[C@@H]4O[C@H](CO)[C@@H](O[C@@H]5O[C@H](CO)[C@H](OS(=O)(=O)O)[C@H](O)[C@H]5NC(C)=O)[C@H](O)[C@H]4NC(C)=O)[C@@H]3O)[C@H](O)[C@H]2NC(C)=O)[C@@H](CO[C@@H]2O[C@@H](C)[C@@H](O)[C@@H](O)[C@@H]2O)O[C@H]1O. The zero-order valence-corrected chi connectivity index (χ0v) is 70.1. The predicted molar refractivity (Wildman–Crippen MR) is 397 cm³/mol. The first-order valence-corrected chi connectivity index (χ1v) is 42.0. The molecule has 0 aliphatic carbocycles. The van der Waals surface area contributed by atoms with E-state index in [1.54, 1.807) is 0 Å². The Balaban J connectivity index is 0.992. The van der Waals surface area contributed by atoms with Crippen LogP contribution in [-0.2, 0) is 129 Å². The zero-order valence-electron chi connectivity index (χ0n) is 69.3. The Morgan fingerprint density at radius 2 is 0.535 bits per heavy atom. The number of ether oxygens (including phenoxy) is 19. The lowest BCUT2D eigenvalue weighted by Gasteiger charge is -2.51. The van der Waals surface area contributed by atoms with E-state index in [-0.39, 0.29) is 0 Å². The van der Waals surface area contributed by atoms with E-state index in [2.05, 4.69) is 30.8 Å². The molecule has 0 radical (unpaired) electrons. The van der Waals surface area contributed by atoms with E-state index in [9.17, 15) is 165 Å². The lowest BCUT2D eigenvalue weighted by molar-refractivity contribution is -0.398. The number of amides is 5. The smallest absolute Gasteiger partial charge is 0.394 e. The van der Waals surface area contributed by atoms with Crippen molar-refractivity contribution in [1.29, 1.82) is 0 Å². The lowest BCUT2D eigenvalue weighted by atomic mass is 9.93. The van der Waals surface area contributed by atoms with E-state index in [0.717, 1.165) is 34.6 Å². The molecule has 0 unspecified atom stereocenters. The molecule has 10 saturated heterocycles. The van der Waals surface area contributed by atoms with Crippen LogP contribution >= 0.6 is 0 Å². The fraction of sp³-hybridized carbons (Fsp3) is 0.929. The van der Waals surface area contributed by atoms with Crippen LogP contribution in [0.4, 0.5) is 0 Å². The van der Waals surface area contributed by atoms with Crippen molar-refractivity contribution in [2.24, 2.45) is 0 Å². The van der Waals surface area contributed by atoms with Crippen molar-refractivity contribution in [3.05, 3.63) is 0 Å². The van der Waals surface area contributed by atoms with Crippen molar-refractivity contribution in [2.75, 3.05) is 59.5 Å². The summed E-state index contributed by atoms with van der Waals surface area (Å²) < 4.78 is 151. The molecule has 10 fully saturated rings. The van der Waals surface area contributed by atoms with Gasteiger partial charge in [0, 0.05) is 34.6 Å². The van der Waals surface area contributed by atoms with Crippen molar-refractivity contribution >= 4 is 39.9 Å². The number of rotatable bonds is 34. The number of aliphatic hydroxyl groups excluding tert-OH is 25. The molecule has 0 aromatic carbocycles. The van der Waals surface area contributed by atoms with Crippen molar-refractivity contribution in [3.8, 4) is 0 Å². The van der Waals surface area contributed by atoms with Crippen molar-refractivity contribution < 1.29 is 259 Å². The van der Waals surface area contributed by atoms with E-state index < -0.39 is 406 Å². The summed E-state index contributed by atoms with van der Waals surface area (Å²) in [5.74, 6) is -4.85. The van der Waals surface area contributed by atoms with Crippen LogP contribution in [0.15, 0.2) is 0 Å². The third-order valence-electron chi connectivity index (χ3n) is 23.0. The molecule has 10 aliphatic heterocycles. The fourth-order valence-corrected chi connectivity index (χ4v) is 16.9. The number of hydrogen-bond acceptors (Lipinski definition) is 52. The molecule has 0 bridgehead atoms. The normalized spacial score (nSPS) is 47.7. The maximum Gasteiger partial charge on any atom is 0.397 e. The monoisotopic (exact) mass is 1910 g/mol. The second-order valence-corrected chi connectivity index (χ2v) is 33.3. The molecule has 0 aromatic rings. The summed E-state index contributed by atoms with van der Waals surface area (Å²) in [6, 6.07) is -9.83. The van der Waals surface area contributed by atoms with E-state index in [0.29, 0.717) is 0 Å². The zero-order chi connectivity index (χ0) is 95.3. The summed E-state index contributed by atoms with van der Waals surface area (Å²) in [4.78, 5) is 64.5. The minimum absolute atomic E-state index is 0.860. The number of carbonyl (C=O) groups is 5. The molecule has 5 amide bonds. The Morgan fingerprint density at radius 1 is 0.256 bits per heavy atom. The minimum Gasteiger partial charge on any atom is -0.394 e. The molecule has 746 valence electrons. The quantitative estimate of drug-likeness (QED) is 0.0266. The molecular formula is C70H117N5O53S. The predicted octanol–water partition coefficient (Wildman–Crippen LogP) is -21.2. The highest BCUT2D eigenvalue weighted by Gasteiger charge is 2.62. The first-order valence-electron chi connectivity index (χ1n) is 40.6. The van der Waals surface area contributed by atoms with Crippen LogP contribution in [-0.4, -0.2) is 536 Å². The summed E-state index contributed by atoms with van der Waals surface area (Å²) in [7, 11) is -5.46. The van der Waals surface area contributed by atoms with Gasteiger partial charge in [-0.3, -0.25) is 28.5 Å². The average molecular weight is 1910 g/mol. The molecule has 0 aromatic heterocycles. The summed E-state index contributed by atoms with van der Waals surface area (Å²) >= 11 is 0. The van der Waals surface area contributed by atoms with Crippen LogP contribution in [0.3, 0.4) is 0 Å². The molecule has 59 heteroatoms. The Labute approximate surface area is 730 Å². The maximum absolute atomic E-state index is 13.3. The molecular weight excluding hydrogens is 1790 g/mol. The molecule has 129 heavy (non-hydrogen) atoms. The van der Waals surface area contributed by atoms with Gasteiger partial charge in [0.25, 0.3) is 0 Å². The number of hydrogen-bond donors (Lipinski definition) is 31. The molecule has 31 N–H and O–H groups in total. The molecule has 10 aliphatic rings. The van der Waals surface area contributed by atoms with Gasteiger partial charge in [-0.1, -0.05) is 0 Å². The highest BCUT2D eigenvalue weighted by atomic mass is 32.3. The van der Waals surface area contributed by atoms with Gasteiger partial charge in [0.2, 0.25) is 29.5 Å². The van der Waals surface area contributed by atoms with E-state index in [1.807, 2.05) is 0 Å². The van der Waals surface area contributed by atoms with E-state index >= 15 is 0 Å². The van der Waals surface area contributed by atoms with Gasteiger partial charge >= 0.3 is 10.4 Å². The standard InChI is InChI=1S/C70H117N5O53S/c1-16-36(88)46(98)50(102)66(111-16)109-15-30-56(41(93)31(61(105)112-30)71-17(2)83)122-62-32(72-18(3)84)43(95)55(27(12-81)116-62)124-68-52(104)58(40(92)29(120-68)14-110-69-59(48(100)38(90)23(8-77)114-69)126-64-34(74-20(5)86)44(96)54(26(11-80)118-64)123-67-51(103)47(99)37(89)22(7-76)113-67)125-70-60(49(101)39(91)24(9-78)115-70)127-65-33(73-19(4)85)42(94)53(25(10-79)117-65)121-63-35(75-21(6)87)45(97)57(28(13-82)119-63)128-129(106,107)108/h16,22-70,76-82,88-105H,7-15H2,1-6H3,(H,71,83)(H,72,84)(H,73,85)(H,74,86)(H,75,87)(H,106,107,108)/t16-,22+,23+,24+,25+,26+,27+,28+,29+,30+,31+,32+,33+,34+,35+,36+,37-,38+,39+,40+,41+,42+,43+,44+,45+,46+,47-,48-,49-,50-,51+,52-,53+,54+,55+,56+,57-,58-,59-,60-,61+,62-,63-,64-,65-,66+,67-,68-,69-,70+/m0/s1. The van der Waals surface area contributed by atoms with Crippen LogP contribution in [0, 0.1) is 0 Å².